The molecule has 0 saturated carbocycles. The summed E-state index contributed by atoms with van der Waals surface area (Å²) >= 11 is 0. The van der Waals surface area contributed by atoms with Crippen LogP contribution in [0.3, 0.4) is 0 Å². The molecule has 6 N–H and O–H groups in total. The number of nitrogens with one attached hydrogen (secondary N) is 2. The summed E-state index contributed by atoms with van der Waals surface area (Å²) in [5.41, 5.74) is 6.38. The minimum absolute atomic E-state index is 0.209. The molecule has 2 fully saturated rings. The number of hydrogen-bond acceptors (Lipinski definition) is 11. The number of hydrogen-bond donors (Lipinski definition) is 5. The number of methoxy groups -OCH3 is 1. The summed E-state index contributed by atoms with van der Waals surface area (Å²) < 4.78 is 22.6. The molecule has 5 atom stereocenters. The van der Waals surface area contributed by atoms with Gasteiger partial charge in [0.05, 0.1) is 0 Å². The van der Waals surface area contributed by atoms with E-state index in [1.54, 1.807) is 12.5 Å². The molecule has 4 rings (SSSR count). The van der Waals surface area contributed by atoms with Crippen LogP contribution in [0.1, 0.15) is 0 Å². The summed E-state index contributed by atoms with van der Waals surface area (Å²) in [5, 5.41) is 16.4. The van der Waals surface area contributed by atoms with Gasteiger partial charge in [0.25, 0.3) is 0 Å². The first-order valence-electron chi connectivity index (χ1n) is 7.65. The summed E-state index contributed by atoms with van der Waals surface area (Å²) in [4.78, 5) is 15.8. The molecule has 4 aliphatic heterocycles. The number of rotatable bonds is 2. The van der Waals surface area contributed by atoms with Crippen molar-refractivity contribution in [3.63, 3.8) is 0 Å². The number of aliphatic hydroxyl groups excluding tert-OH is 1. The predicted molar refractivity (Wildman–Crippen MR) is 87.0 cm³/mol. The van der Waals surface area contributed by atoms with Gasteiger partial charge in [-0.3, -0.25) is 0 Å². The van der Waals surface area contributed by atoms with Gasteiger partial charge in [-0.05, 0) is 0 Å². The average molecular weight is 361 g/mol. The zero-order valence-corrected chi connectivity index (χ0v) is 14.3. The Morgan fingerprint density at radius 2 is 2.33 bits per heavy atom. The SMILES string of the molecule is B[PH]1(O)OCC2OC(N3C4=C(NC3O)C(N)=NCN4)C(OC)[C@@H]2O1. The van der Waals surface area contributed by atoms with Crippen molar-refractivity contribution in [2.24, 2.45) is 10.7 Å². The van der Waals surface area contributed by atoms with Crippen LogP contribution in [-0.2, 0) is 18.5 Å². The second-order valence-corrected chi connectivity index (χ2v) is 8.40. The second kappa shape index (κ2) is 5.70. The quantitative estimate of drug-likeness (QED) is 0.248. The van der Waals surface area contributed by atoms with E-state index < -0.39 is 38.7 Å². The Kier molecular flexibility index (Phi) is 3.88. The van der Waals surface area contributed by atoms with Gasteiger partial charge in [-0.15, -0.1) is 0 Å². The van der Waals surface area contributed by atoms with Gasteiger partial charge in [0.2, 0.25) is 0 Å². The molecule has 11 nitrogen and oxygen atoms in total. The van der Waals surface area contributed by atoms with Crippen LogP contribution in [0.5, 0.6) is 0 Å². The third-order valence-electron chi connectivity index (χ3n) is 4.49. The predicted octanol–water partition coefficient (Wildman–Crippen LogP) is -3.55. The van der Waals surface area contributed by atoms with Crippen molar-refractivity contribution in [2.75, 3.05) is 20.4 Å². The normalized spacial score (nSPS) is 41.9. The number of nitrogens with two attached hydrogens (primary N) is 1. The van der Waals surface area contributed by atoms with Crippen LogP contribution in [0.2, 0.25) is 0 Å². The van der Waals surface area contributed by atoms with E-state index in [0.717, 1.165) is 0 Å². The van der Waals surface area contributed by atoms with Crippen molar-refractivity contribution in [1.82, 2.24) is 15.5 Å². The molecule has 4 aliphatic rings. The topological polar surface area (TPSA) is 143 Å². The maximum absolute atomic E-state index is 10.4. The molecule has 0 spiro atoms. The van der Waals surface area contributed by atoms with E-state index in [0.29, 0.717) is 24.0 Å². The van der Waals surface area contributed by atoms with Crippen molar-refractivity contribution in [2.45, 2.75) is 30.9 Å². The van der Waals surface area contributed by atoms with E-state index in [-0.39, 0.29) is 6.61 Å². The van der Waals surface area contributed by atoms with Gasteiger partial charge < -0.3 is 0 Å². The number of aliphatic imine (C=N–C) groups is 1. The summed E-state index contributed by atoms with van der Waals surface area (Å²) in [6, 6.07) is 0. The first kappa shape index (κ1) is 16.3. The van der Waals surface area contributed by atoms with Crippen LogP contribution < -0.4 is 16.4 Å². The Balaban J connectivity index is 1.63. The van der Waals surface area contributed by atoms with Crippen molar-refractivity contribution >= 4 is 21.2 Å². The van der Waals surface area contributed by atoms with E-state index in [9.17, 15) is 10.00 Å². The molecule has 134 valence electrons. The Morgan fingerprint density at radius 1 is 1.54 bits per heavy atom. The average Bonchev–Trinajstić information content (AvgIpc) is 3.03. The maximum atomic E-state index is 10.4. The first-order valence-corrected chi connectivity index (χ1v) is 9.91. The Bertz CT molecular complexity index is 605. The van der Waals surface area contributed by atoms with E-state index in [1.807, 2.05) is 0 Å². The second-order valence-electron chi connectivity index (χ2n) is 6.08. The monoisotopic (exact) mass is 361 g/mol. The van der Waals surface area contributed by atoms with Crippen LogP contribution in [0, 0.1) is 0 Å². The fourth-order valence-electron chi connectivity index (χ4n) is 3.42. The summed E-state index contributed by atoms with van der Waals surface area (Å²) in [5.74, 6) is 0.898. The number of fused-ring (bicyclic) bond motifs is 1. The zero-order chi connectivity index (χ0) is 17.1. The molecular formula is C11H21BN5O6P. The molecule has 4 heterocycles. The molecule has 0 radical (unpaired) electrons. The van der Waals surface area contributed by atoms with Crippen molar-refractivity contribution in [3.8, 4) is 0 Å². The number of amidine groups is 1. The van der Waals surface area contributed by atoms with Gasteiger partial charge in [0, 0.05) is 0 Å². The molecule has 13 heteroatoms. The summed E-state index contributed by atoms with van der Waals surface area (Å²) in [6.07, 6.45) is -3.12. The molecule has 2 saturated heterocycles. The van der Waals surface area contributed by atoms with E-state index in [1.165, 1.54) is 7.11 Å². The number of aliphatic hydroxyl groups is 1. The Hall–Kier alpha value is -1.14. The van der Waals surface area contributed by atoms with Crippen LogP contribution in [0.25, 0.3) is 0 Å². The molecular weight excluding hydrogens is 340 g/mol. The molecule has 0 aromatic rings. The zero-order valence-electron chi connectivity index (χ0n) is 13.3. The Morgan fingerprint density at radius 3 is 3.08 bits per heavy atom. The molecule has 0 amide bonds. The molecule has 4 unspecified atom stereocenters. The standard InChI is InChI=1S/C11H21BN5O6P/c1-20-7-6-4(2-21-24(12,19)23-6)22-10(7)17-9-5(16-11(17)18)8(13)14-3-15-9/h4,6-7,10-11,15-16,18-19,24H,2-3,12H2,1H3,(H2,13,14)/t4?,6-,7?,10?,11?/m1/s1. The van der Waals surface area contributed by atoms with Gasteiger partial charge in [-0.2, -0.15) is 0 Å². The van der Waals surface area contributed by atoms with Gasteiger partial charge in [-0.1, -0.05) is 0 Å². The van der Waals surface area contributed by atoms with Gasteiger partial charge in [0.1, 0.15) is 0 Å². The third-order valence-corrected chi connectivity index (χ3v) is 5.90. The number of ether oxygens (including phenoxy) is 2. The Labute approximate surface area is 139 Å². The fraction of sp³-hybridized carbons (Fsp3) is 0.727. The van der Waals surface area contributed by atoms with Crippen LogP contribution in [0.4, 0.5) is 0 Å². The van der Waals surface area contributed by atoms with Gasteiger partial charge in [-0.25, -0.2) is 0 Å². The van der Waals surface area contributed by atoms with E-state index in [4.69, 9.17) is 24.3 Å². The van der Waals surface area contributed by atoms with Crippen LogP contribution in [0.15, 0.2) is 16.5 Å². The van der Waals surface area contributed by atoms with Crippen LogP contribution in [-0.4, -0.2) is 79.6 Å². The van der Waals surface area contributed by atoms with E-state index >= 15 is 0 Å². The molecule has 0 aliphatic carbocycles. The summed E-state index contributed by atoms with van der Waals surface area (Å²) in [6.45, 7) is 0.509. The van der Waals surface area contributed by atoms with Gasteiger partial charge in [0.15, 0.2) is 0 Å². The first-order chi connectivity index (χ1) is 11.4. The third kappa shape index (κ3) is 2.46. The molecule has 0 aromatic heterocycles. The number of nitrogens with zero attached hydrogens (tertiary/aromatic N) is 2. The fourth-order valence-corrected chi connectivity index (χ4v) is 4.75. The van der Waals surface area contributed by atoms with Crippen molar-refractivity contribution in [3.05, 3.63) is 11.5 Å². The molecule has 0 bridgehead atoms. The molecule has 0 aromatic carbocycles. The van der Waals surface area contributed by atoms with E-state index in [2.05, 4.69) is 15.6 Å². The van der Waals surface area contributed by atoms with Crippen molar-refractivity contribution < 1.29 is 28.5 Å². The van der Waals surface area contributed by atoms with Crippen LogP contribution >= 0.6 is 7.82 Å². The summed E-state index contributed by atoms with van der Waals surface area (Å²) in [7, 11) is -0.102. The van der Waals surface area contributed by atoms with Crippen molar-refractivity contribution in [1.29, 1.82) is 0 Å². The molecule has 24 heavy (non-hydrogen) atoms. The van der Waals surface area contributed by atoms with Gasteiger partial charge >= 0.3 is 139 Å². The minimum atomic E-state index is -3.19.